The first-order valence-corrected chi connectivity index (χ1v) is 8.68. The fourth-order valence-corrected chi connectivity index (χ4v) is 3.72. The molecule has 5 heteroatoms. The highest BCUT2D eigenvalue weighted by Gasteiger charge is 2.12. The molecule has 22 heavy (non-hydrogen) atoms. The van der Waals surface area contributed by atoms with E-state index in [-0.39, 0.29) is 5.91 Å². The zero-order chi connectivity index (χ0) is 15.5. The molecule has 0 aliphatic rings. The van der Waals surface area contributed by atoms with E-state index in [2.05, 4.69) is 41.5 Å². The van der Waals surface area contributed by atoms with Gasteiger partial charge in [-0.15, -0.1) is 22.7 Å². The first-order chi connectivity index (χ1) is 10.6. The number of aryl methyl sites for hydroxylation is 2. The largest absolute Gasteiger partial charge is 0.302 e. The third kappa shape index (κ3) is 3.43. The summed E-state index contributed by atoms with van der Waals surface area (Å²) >= 11 is 3.11. The minimum Gasteiger partial charge on any atom is -0.302 e. The minimum absolute atomic E-state index is 0.0216. The van der Waals surface area contributed by atoms with Crippen molar-refractivity contribution in [3.8, 4) is 11.3 Å². The number of amides is 1. The molecule has 0 unspecified atom stereocenters. The molecule has 1 N–H and O–H groups in total. The Labute approximate surface area is 137 Å². The molecule has 0 saturated heterocycles. The van der Waals surface area contributed by atoms with Crippen LogP contribution in [-0.2, 0) is 11.2 Å². The van der Waals surface area contributed by atoms with Gasteiger partial charge in [0.15, 0.2) is 5.13 Å². The first-order valence-electron chi connectivity index (χ1n) is 6.98. The summed E-state index contributed by atoms with van der Waals surface area (Å²) in [5, 5.41) is 5.54. The second-order valence-corrected chi connectivity index (χ2v) is 7.33. The first kappa shape index (κ1) is 14.9. The molecule has 0 aliphatic carbocycles. The van der Waals surface area contributed by atoms with E-state index >= 15 is 0 Å². The van der Waals surface area contributed by atoms with Gasteiger partial charge in [-0.3, -0.25) is 4.79 Å². The molecule has 3 nitrogen and oxygen atoms in total. The Kier molecular flexibility index (Phi) is 4.36. The Balaban J connectivity index is 1.74. The lowest BCUT2D eigenvalue weighted by Gasteiger charge is -2.00. The van der Waals surface area contributed by atoms with Crippen LogP contribution in [0.2, 0.25) is 0 Å². The van der Waals surface area contributed by atoms with Gasteiger partial charge in [0.05, 0.1) is 12.1 Å². The van der Waals surface area contributed by atoms with Crippen LogP contribution in [0.15, 0.2) is 41.8 Å². The van der Waals surface area contributed by atoms with Crippen LogP contribution < -0.4 is 5.32 Å². The van der Waals surface area contributed by atoms with Crippen LogP contribution in [0.5, 0.6) is 0 Å². The van der Waals surface area contributed by atoms with Crippen molar-refractivity contribution in [3.63, 3.8) is 0 Å². The maximum Gasteiger partial charge on any atom is 0.231 e. The molecule has 2 heterocycles. The fraction of sp³-hybridized carbons (Fsp3) is 0.176. The van der Waals surface area contributed by atoms with Gasteiger partial charge in [-0.25, -0.2) is 4.98 Å². The van der Waals surface area contributed by atoms with Gasteiger partial charge in [0.2, 0.25) is 5.91 Å². The highest BCUT2D eigenvalue weighted by molar-refractivity contribution is 7.16. The number of hydrogen-bond donors (Lipinski definition) is 1. The van der Waals surface area contributed by atoms with Crippen molar-refractivity contribution in [2.24, 2.45) is 0 Å². The number of aromatic nitrogens is 1. The Morgan fingerprint density at radius 1 is 1.18 bits per heavy atom. The lowest BCUT2D eigenvalue weighted by Crippen LogP contribution is -2.13. The van der Waals surface area contributed by atoms with E-state index in [1.54, 1.807) is 11.3 Å². The van der Waals surface area contributed by atoms with Crippen LogP contribution in [0.3, 0.4) is 0 Å². The number of thiophene rings is 1. The summed E-state index contributed by atoms with van der Waals surface area (Å²) in [6, 6.07) is 12.2. The van der Waals surface area contributed by atoms with E-state index in [0.717, 1.165) is 21.0 Å². The number of nitrogens with zero attached hydrogens (tertiary/aromatic N) is 1. The summed E-state index contributed by atoms with van der Waals surface area (Å²) in [6.45, 7) is 4.09. The highest BCUT2D eigenvalue weighted by atomic mass is 32.1. The number of nitrogens with one attached hydrogen (secondary N) is 1. The third-order valence-electron chi connectivity index (χ3n) is 3.28. The van der Waals surface area contributed by atoms with Gasteiger partial charge in [0, 0.05) is 15.3 Å². The Morgan fingerprint density at radius 2 is 1.95 bits per heavy atom. The van der Waals surface area contributed by atoms with Crippen molar-refractivity contribution in [1.29, 1.82) is 0 Å². The maximum absolute atomic E-state index is 12.0. The summed E-state index contributed by atoms with van der Waals surface area (Å²) in [5.74, 6) is -0.0216. The molecule has 0 radical (unpaired) electrons. The molecule has 0 atom stereocenters. The van der Waals surface area contributed by atoms with Crippen LogP contribution in [0.1, 0.15) is 15.3 Å². The summed E-state index contributed by atoms with van der Waals surface area (Å²) in [7, 11) is 0. The predicted molar refractivity (Wildman–Crippen MR) is 93.7 cm³/mol. The summed E-state index contributed by atoms with van der Waals surface area (Å²) in [4.78, 5) is 18.8. The molecule has 1 amide bonds. The zero-order valence-corrected chi connectivity index (χ0v) is 14.1. The SMILES string of the molecule is Cc1ccc(-c2nc(NC(=O)Cc3cccs3)sc2C)cc1. The molecular formula is C17H16N2OS2. The third-order valence-corrected chi connectivity index (χ3v) is 5.05. The Bertz CT molecular complexity index is 774. The molecule has 0 bridgehead atoms. The summed E-state index contributed by atoms with van der Waals surface area (Å²) < 4.78 is 0. The van der Waals surface area contributed by atoms with Gasteiger partial charge >= 0.3 is 0 Å². The number of thiazole rings is 1. The topological polar surface area (TPSA) is 42.0 Å². The number of rotatable bonds is 4. The van der Waals surface area contributed by atoms with Gasteiger partial charge in [-0.05, 0) is 25.3 Å². The van der Waals surface area contributed by atoms with Crippen molar-refractivity contribution in [2.45, 2.75) is 20.3 Å². The highest BCUT2D eigenvalue weighted by Crippen LogP contribution is 2.30. The van der Waals surface area contributed by atoms with E-state index in [9.17, 15) is 4.79 Å². The number of anilines is 1. The Morgan fingerprint density at radius 3 is 2.64 bits per heavy atom. The van der Waals surface area contributed by atoms with Crippen molar-refractivity contribution < 1.29 is 4.79 Å². The number of carbonyl (C=O) groups is 1. The lowest BCUT2D eigenvalue weighted by atomic mass is 10.1. The van der Waals surface area contributed by atoms with Crippen molar-refractivity contribution >= 4 is 33.7 Å². The average Bonchev–Trinajstić information content (AvgIpc) is 3.10. The van der Waals surface area contributed by atoms with Crippen molar-refractivity contribution in [3.05, 3.63) is 57.1 Å². The van der Waals surface area contributed by atoms with E-state index in [0.29, 0.717) is 11.6 Å². The molecule has 112 valence electrons. The summed E-state index contributed by atoms with van der Waals surface area (Å²) in [5.41, 5.74) is 3.25. The predicted octanol–water partition coefficient (Wildman–Crippen LogP) is 4.67. The average molecular weight is 328 g/mol. The van der Waals surface area contributed by atoms with Gasteiger partial charge in [-0.1, -0.05) is 35.9 Å². The standard InChI is InChI=1S/C17H16N2OS2/c1-11-5-7-13(8-6-11)16-12(2)22-17(19-16)18-15(20)10-14-4-3-9-21-14/h3-9H,10H2,1-2H3,(H,18,19,20). The van der Waals surface area contributed by atoms with E-state index < -0.39 is 0 Å². The molecule has 0 aliphatic heterocycles. The molecule has 0 saturated carbocycles. The molecular weight excluding hydrogens is 312 g/mol. The van der Waals surface area contributed by atoms with Gasteiger partial charge in [-0.2, -0.15) is 0 Å². The van der Waals surface area contributed by atoms with Gasteiger partial charge in [0.1, 0.15) is 0 Å². The van der Waals surface area contributed by atoms with E-state index in [4.69, 9.17) is 0 Å². The maximum atomic E-state index is 12.0. The van der Waals surface area contributed by atoms with E-state index in [1.807, 2.05) is 24.4 Å². The molecule has 3 aromatic rings. The number of carbonyl (C=O) groups excluding carboxylic acids is 1. The normalized spacial score (nSPS) is 10.6. The lowest BCUT2D eigenvalue weighted by molar-refractivity contribution is -0.115. The van der Waals surface area contributed by atoms with E-state index in [1.165, 1.54) is 16.9 Å². The molecule has 0 spiro atoms. The minimum atomic E-state index is -0.0216. The molecule has 1 aromatic carbocycles. The van der Waals surface area contributed by atoms with Crippen molar-refractivity contribution in [1.82, 2.24) is 4.98 Å². The quantitative estimate of drug-likeness (QED) is 0.756. The second-order valence-electron chi connectivity index (χ2n) is 5.09. The van der Waals surface area contributed by atoms with Crippen LogP contribution >= 0.6 is 22.7 Å². The van der Waals surface area contributed by atoms with Gasteiger partial charge < -0.3 is 5.32 Å². The van der Waals surface area contributed by atoms with Crippen LogP contribution in [0, 0.1) is 13.8 Å². The van der Waals surface area contributed by atoms with Crippen LogP contribution in [0.25, 0.3) is 11.3 Å². The number of hydrogen-bond acceptors (Lipinski definition) is 4. The molecule has 2 aromatic heterocycles. The molecule has 3 rings (SSSR count). The smallest absolute Gasteiger partial charge is 0.231 e. The second kappa shape index (κ2) is 6.42. The fourth-order valence-electron chi connectivity index (χ4n) is 2.16. The van der Waals surface area contributed by atoms with Crippen LogP contribution in [0.4, 0.5) is 5.13 Å². The van der Waals surface area contributed by atoms with Gasteiger partial charge in [0.25, 0.3) is 0 Å². The Hall–Kier alpha value is -1.98. The monoisotopic (exact) mass is 328 g/mol. The number of benzene rings is 1. The summed E-state index contributed by atoms with van der Waals surface area (Å²) in [6.07, 6.45) is 0.399. The van der Waals surface area contributed by atoms with Crippen LogP contribution in [-0.4, -0.2) is 10.9 Å². The zero-order valence-electron chi connectivity index (χ0n) is 12.4. The molecule has 0 fully saturated rings. The van der Waals surface area contributed by atoms with Crippen molar-refractivity contribution in [2.75, 3.05) is 5.32 Å².